The Morgan fingerprint density at radius 3 is 2.70 bits per heavy atom. The Bertz CT molecular complexity index is 588. The number of pyridine rings is 1. The first-order valence-electron chi connectivity index (χ1n) is 7.69. The molecule has 1 fully saturated rings. The van der Waals surface area contributed by atoms with Crippen molar-refractivity contribution in [3.8, 4) is 0 Å². The lowest BCUT2D eigenvalue weighted by Crippen LogP contribution is -2.34. The smallest absolute Gasteiger partial charge is 0.134 e. The van der Waals surface area contributed by atoms with E-state index in [4.69, 9.17) is 10.7 Å². The molecular formula is C17H23N3. The number of hydrogen-bond donors (Lipinski definition) is 1. The van der Waals surface area contributed by atoms with Gasteiger partial charge in [0.1, 0.15) is 5.82 Å². The van der Waals surface area contributed by atoms with Crippen LogP contribution in [0.3, 0.4) is 0 Å². The summed E-state index contributed by atoms with van der Waals surface area (Å²) in [6.45, 7) is 3.77. The fourth-order valence-corrected chi connectivity index (χ4v) is 3.35. The predicted molar refractivity (Wildman–Crippen MR) is 84.9 cm³/mol. The average molecular weight is 269 g/mol. The van der Waals surface area contributed by atoms with Gasteiger partial charge < -0.3 is 10.6 Å². The summed E-state index contributed by atoms with van der Waals surface area (Å²) in [6, 6.07) is 11.1. The van der Waals surface area contributed by atoms with Gasteiger partial charge in [-0.1, -0.05) is 31.0 Å². The van der Waals surface area contributed by atoms with Crippen molar-refractivity contribution in [1.29, 1.82) is 0 Å². The topological polar surface area (TPSA) is 42.2 Å². The minimum absolute atomic E-state index is 0.552. The Morgan fingerprint density at radius 1 is 1.25 bits per heavy atom. The molecule has 2 N–H and O–H groups in total. The minimum atomic E-state index is 0.552. The van der Waals surface area contributed by atoms with E-state index in [0.29, 0.717) is 12.6 Å². The molecular weight excluding hydrogens is 246 g/mol. The lowest BCUT2D eigenvalue weighted by atomic mass is 10.1. The van der Waals surface area contributed by atoms with Crippen LogP contribution in [0.4, 0.5) is 5.82 Å². The maximum atomic E-state index is 5.97. The van der Waals surface area contributed by atoms with Crippen LogP contribution in [0.2, 0.25) is 0 Å². The summed E-state index contributed by atoms with van der Waals surface area (Å²) in [4.78, 5) is 7.37. The third kappa shape index (κ3) is 2.38. The zero-order valence-corrected chi connectivity index (χ0v) is 12.2. The van der Waals surface area contributed by atoms with Crippen LogP contribution in [0.1, 0.15) is 38.2 Å². The van der Waals surface area contributed by atoms with Crippen molar-refractivity contribution in [2.45, 2.75) is 45.2 Å². The van der Waals surface area contributed by atoms with Crippen LogP contribution in [0.25, 0.3) is 10.9 Å². The maximum Gasteiger partial charge on any atom is 0.134 e. The summed E-state index contributed by atoms with van der Waals surface area (Å²) in [7, 11) is 0. The molecule has 106 valence electrons. The van der Waals surface area contributed by atoms with Gasteiger partial charge in [0.2, 0.25) is 0 Å². The number of benzene rings is 1. The molecule has 1 aliphatic rings. The molecule has 0 atom stereocenters. The second-order valence-corrected chi connectivity index (χ2v) is 5.59. The zero-order chi connectivity index (χ0) is 13.9. The molecule has 1 aromatic carbocycles. The number of hydrogen-bond acceptors (Lipinski definition) is 3. The van der Waals surface area contributed by atoms with E-state index in [-0.39, 0.29) is 0 Å². The molecule has 1 aliphatic carbocycles. The van der Waals surface area contributed by atoms with Crippen LogP contribution in [0, 0.1) is 0 Å². The summed E-state index contributed by atoms with van der Waals surface area (Å²) >= 11 is 0. The molecule has 0 aliphatic heterocycles. The maximum absolute atomic E-state index is 5.97. The van der Waals surface area contributed by atoms with Crippen molar-refractivity contribution < 1.29 is 0 Å². The first-order valence-corrected chi connectivity index (χ1v) is 7.69. The summed E-state index contributed by atoms with van der Waals surface area (Å²) < 4.78 is 0. The van der Waals surface area contributed by atoms with E-state index in [1.165, 1.54) is 31.1 Å². The molecule has 20 heavy (non-hydrogen) atoms. The molecule has 2 aromatic rings. The number of rotatable bonds is 4. The lowest BCUT2D eigenvalue weighted by Gasteiger charge is -2.30. The Labute approximate surface area is 120 Å². The van der Waals surface area contributed by atoms with E-state index in [1.54, 1.807) is 0 Å². The van der Waals surface area contributed by atoms with Crippen LogP contribution in [-0.4, -0.2) is 17.6 Å². The van der Waals surface area contributed by atoms with E-state index in [1.807, 2.05) is 6.07 Å². The predicted octanol–water partition coefficient (Wildman–Crippen LogP) is 3.46. The van der Waals surface area contributed by atoms with E-state index < -0.39 is 0 Å². The highest BCUT2D eigenvalue weighted by Gasteiger charge is 2.24. The molecule has 0 unspecified atom stereocenters. The molecule has 3 nitrogen and oxygen atoms in total. The highest BCUT2D eigenvalue weighted by Crippen LogP contribution is 2.30. The molecule has 1 aromatic heterocycles. The third-order valence-corrected chi connectivity index (χ3v) is 4.38. The summed E-state index contributed by atoms with van der Waals surface area (Å²) in [6.07, 6.45) is 5.25. The van der Waals surface area contributed by atoms with Crippen molar-refractivity contribution >= 4 is 16.7 Å². The third-order valence-electron chi connectivity index (χ3n) is 4.38. The zero-order valence-electron chi connectivity index (χ0n) is 12.2. The van der Waals surface area contributed by atoms with Gasteiger partial charge in [-0.05, 0) is 31.9 Å². The van der Waals surface area contributed by atoms with Crippen molar-refractivity contribution in [2.75, 3.05) is 11.4 Å². The quantitative estimate of drug-likeness (QED) is 0.924. The molecule has 0 spiro atoms. The summed E-state index contributed by atoms with van der Waals surface area (Å²) in [5.74, 6) is 1.10. The number of nitrogens with zero attached hydrogens (tertiary/aromatic N) is 2. The fraction of sp³-hybridized carbons (Fsp3) is 0.471. The van der Waals surface area contributed by atoms with Crippen LogP contribution >= 0.6 is 0 Å². The summed E-state index contributed by atoms with van der Waals surface area (Å²) in [5, 5.41) is 1.18. The normalized spacial score (nSPS) is 15.9. The van der Waals surface area contributed by atoms with E-state index in [2.05, 4.69) is 36.1 Å². The minimum Gasteiger partial charge on any atom is -0.354 e. The van der Waals surface area contributed by atoms with Gasteiger partial charge in [-0.3, -0.25) is 0 Å². The van der Waals surface area contributed by atoms with Crippen LogP contribution in [0.15, 0.2) is 30.3 Å². The van der Waals surface area contributed by atoms with Gasteiger partial charge in [0.05, 0.1) is 5.52 Å². The Hall–Kier alpha value is -1.61. The molecule has 0 radical (unpaired) electrons. The van der Waals surface area contributed by atoms with Crippen molar-refractivity contribution in [3.05, 3.63) is 35.9 Å². The van der Waals surface area contributed by atoms with Crippen molar-refractivity contribution in [2.24, 2.45) is 5.73 Å². The highest BCUT2D eigenvalue weighted by atomic mass is 15.2. The number of fused-ring (bicyclic) bond motifs is 1. The van der Waals surface area contributed by atoms with Gasteiger partial charge in [-0.2, -0.15) is 0 Å². The molecule has 1 heterocycles. The van der Waals surface area contributed by atoms with Crippen molar-refractivity contribution in [3.63, 3.8) is 0 Å². The molecule has 1 saturated carbocycles. The van der Waals surface area contributed by atoms with Crippen LogP contribution in [-0.2, 0) is 6.54 Å². The monoisotopic (exact) mass is 269 g/mol. The first kappa shape index (κ1) is 13.4. The van der Waals surface area contributed by atoms with E-state index in [0.717, 1.165) is 23.4 Å². The van der Waals surface area contributed by atoms with Gasteiger partial charge in [0.15, 0.2) is 0 Å². The van der Waals surface area contributed by atoms with Crippen molar-refractivity contribution in [1.82, 2.24) is 4.98 Å². The Morgan fingerprint density at radius 2 is 2.00 bits per heavy atom. The van der Waals surface area contributed by atoms with Gasteiger partial charge in [-0.15, -0.1) is 0 Å². The van der Waals surface area contributed by atoms with Gasteiger partial charge in [-0.25, -0.2) is 4.98 Å². The molecule has 0 saturated heterocycles. The van der Waals surface area contributed by atoms with Crippen LogP contribution < -0.4 is 10.6 Å². The molecule has 0 bridgehead atoms. The average Bonchev–Trinajstić information content (AvgIpc) is 3.01. The second kappa shape index (κ2) is 5.80. The standard InChI is InChI=1S/C17H23N3/c1-2-20(15-8-4-5-9-15)17-14(12-18)11-13-7-3-6-10-16(13)19-17/h3,6-7,10-11,15H,2,4-5,8-9,12,18H2,1H3. The SMILES string of the molecule is CCN(c1nc2ccccc2cc1CN)C1CCCC1. The molecule has 0 amide bonds. The largest absolute Gasteiger partial charge is 0.354 e. The second-order valence-electron chi connectivity index (χ2n) is 5.59. The van der Waals surface area contributed by atoms with Gasteiger partial charge >= 0.3 is 0 Å². The fourth-order valence-electron chi connectivity index (χ4n) is 3.35. The number of aromatic nitrogens is 1. The first-order chi connectivity index (χ1) is 9.83. The number of anilines is 1. The molecule has 3 rings (SSSR count). The molecule has 3 heteroatoms. The highest BCUT2D eigenvalue weighted by molar-refractivity contribution is 5.81. The number of nitrogens with two attached hydrogens (primary N) is 1. The van der Waals surface area contributed by atoms with Gasteiger partial charge in [0.25, 0.3) is 0 Å². The lowest BCUT2D eigenvalue weighted by molar-refractivity contribution is 0.611. The Kier molecular flexibility index (Phi) is 3.88. The Balaban J connectivity index is 2.07. The van der Waals surface area contributed by atoms with Crippen LogP contribution in [0.5, 0.6) is 0 Å². The van der Waals surface area contributed by atoms with E-state index >= 15 is 0 Å². The van der Waals surface area contributed by atoms with Gasteiger partial charge in [0, 0.05) is 30.1 Å². The number of para-hydroxylation sites is 1. The van der Waals surface area contributed by atoms with E-state index in [9.17, 15) is 0 Å². The summed E-state index contributed by atoms with van der Waals surface area (Å²) in [5.41, 5.74) is 8.20.